The molecule has 3 rings (SSSR count). The largest absolute Gasteiger partial charge is 0.370 e. The number of hydrogen-bond donors (Lipinski definition) is 0. The van der Waals surface area contributed by atoms with Crippen molar-refractivity contribution in [3.63, 3.8) is 0 Å². The van der Waals surface area contributed by atoms with Crippen molar-refractivity contribution in [1.82, 2.24) is 4.90 Å². The highest BCUT2D eigenvalue weighted by Crippen LogP contribution is 2.30. The molecule has 0 radical (unpaired) electrons. The van der Waals surface area contributed by atoms with E-state index in [1.165, 1.54) is 19.3 Å². The molecule has 120 valence electrons. The van der Waals surface area contributed by atoms with E-state index in [0.717, 1.165) is 18.4 Å². The smallest absolute Gasteiger partial charge is 0.225 e. The fourth-order valence-electron chi connectivity index (χ4n) is 3.42. The first-order chi connectivity index (χ1) is 10.6. The summed E-state index contributed by atoms with van der Waals surface area (Å²) in [5.41, 5.74) is 0.943. The predicted octanol–water partition coefficient (Wildman–Crippen LogP) is 4.47. The van der Waals surface area contributed by atoms with Crippen LogP contribution in [0, 0.1) is 5.92 Å². The number of benzene rings is 1. The third-order valence-electron chi connectivity index (χ3n) is 4.59. The van der Waals surface area contributed by atoms with Gasteiger partial charge in [-0.05, 0) is 36.6 Å². The van der Waals surface area contributed by atoms with Crippen molar-refractivity contribution in [3.8, 4) is 0 Å². The van der Waals surface area contributed by atoms with E-state index in [0.29, 0.717) is 35.6 Å². The Bertz CT molecular complexity index is 523. The number of hydrogen-bond acceptors (Lipinski definition) is 2. The van der Waals surface area contributed by atoms with Crippen LogP contribution in [-0.2, 0) is 9.53 Å². The quantitative estimate of drug-likeness (QED) is 0.793. The Morgan fingerprint density at radius 1 is 1.09 bits per heavy atom. The number of rotatable bonds is 2. The summed E-state index contributed by atoms with van der Waals surface area (Å²) in [6.07, 6.45) is 5.53. The number of amides is 1. The van der Waals surface area contributed by atoms with E-state index in [1.807, 2.05) is 17.0 Å². The van der Waals surface area contributed by atoms with Crippen molar-refractivity contribution in [3.05, 3.63) is 33.8 Å². The van der Waals surface area contributed by atoms with Crippen molar-refractivity contribution >= 4 is 29.1 Å². The van der Waals surface area contributed by atoms with Gasteiger partial charge in [0.25, 0.3) is 0 Å². The van der Waals surface area contributed by atoms with Crippen molar-refractivity contribution in [2.24, 2.45) is 5.92 Å². The van der Waals surface area contributed by atoms with E-state index in [9.17, 15) is 4.79 Å². The topological polar surface area (TPSA) is 29.5 Å². The minimum absolute atomic E-state index is 0.141. The van der Waals surface area contributed by atoms with E-state index in [1.54, 1.807) is 6.07 Å². The standard InChI is InChI=1S/C17H21Cl2NO2/c18-14-8-13(9-15(19)10-14)16-11-20(6-7-22-16)17(21)12-4-2-1-3-5-12/h8-10,12,16H,1-7,11H2. The molecular formula is C17H21Cl2NO2. The molecule has 0 aromatic heterocycles. The average molecular weight is 342 g/mol. The first-order valence-electron chi connectivity index (χ1n) is 8.00. The fraction of sp³-hybridized carbons (Fsp3) is 0.588. The first-order valence-corrected chi connectivity index (χ1v) is 8.75. The molecule has 2 aliphatic rings. The molecule has 0 N–H and O–H groups in total. The Morgan fingerprint density at radius 2 is 1.77 bits per heavy atom. The van der Waals surface area contributed by atoms with Gasteiger partial charge in [-0.2, -0.15) is 0 Å². The van der Waals surface area contributed by atoms with E-state index in [2.05, 4.69) is 0 Å². The van der Waals surface area contributed by atoms with Crippen molar-refractivity contribution < 1.29 is 9.53 Å². The molecule has 1 aliphatic carbocycles. The van der Waals surface area contributed by atoms with Gasteiger partial charge in [-0.3, -0.25) is 4.79 Å². The van der Waals surface area contributed by atoms with Crippen LogP contribution in [0.4, 0.5) is 0 Å². The minimum atomic E-state index is -0.141. The van der Waals surface area contributed by atoms with E-state index < -0.39 is 0 Å². The van der Waals surface area contributed by atoms with Gasteiger partial charge in [-0.1, -0.05) is 42.5 Å². The molecule has 5 heteroatoms. The van der Waals surface area contributed by atoms with Gasteiger partial charge < -0.3 is 9.64 Å². The van der Waals surface area contributed by atoms with Gasteiger partial charge in [0.15, 0.2) is 0 Å². The molecule has 1 aromatic rings. The maximum atomic E-state index is 12.7. The molecular weight excluding hydrogens is 321 g/mol. The lowest BCUT2D eigenvalue weighted by molar-refractivity contribution is -0.144. The highest BCUT2D eigenvalue weighted by molar-refractivity contribution is 6.34. The zero-order chi connectivity index (χ0) is 15.5. The average Bonchev–Trinajstić information content (AvgIpc) is 2.54. The lowest BCUT2D eigenvalue weighted by Crippen LogP contribution is -2.45. The van der Waals surface area contributed by atoms with E-state index >= 15 is 0 Å². The molecule has 2 fully saturated rings. The summed E-state index contributed by atoms with van der Waals surface area (Å²) < 4.78 is 5.83. The summed E-state index contributed by atoms with van der Waals surface area (Å²) in [7, 11) is 0. The maximum absolute atomic E-state index is 12.7. The Morgan fingerprint density at radius 3 is 2.45 bits per heavy atom. The molecule has 1 saturated carbocycles. The van der Waals surface area contributed by atoms with Crippen LogP contribution in [0.2, 0.25) is 10.0 Å². The van der Waals surface area contributed by atoms with Gasteiger partial charge in [0.2, 0.25) is 5.91 Å². The second-order valence-corrected chi connectivity index (χ2v) is 7.05. The highest BCUT2D eigenvalue weighted by atomic mass is 35.5. The van der Waals surface area contributed by atoms with Crippen LogP contribution in [-0.4, -0.2) is 30.5 Å². The van der Waals surface area contributed by atoms with Gasteiger partial charge in [-0.25, -0.2) is 0 Å². The van der Waals surface area contributed by atoms with E-state index in [4.69, 9.17) is 27.9 Å². The van der Waals surface area contributed by atoms with Gasteiger partial charge in [0, 0.05) is 22.5 Å². The number of nitrogens with zero attached hydrogens (tertiary/aromatic N) is 1. The number of morpholine rings is 1. The number of ether oxygens (including phenoxy) is 1. The second-order valence-electron chi connectivity index (χ2n) is 6.18. The molecule has 1 amide bonds. The third-order valence-corrected chi connectivity index (χ3v) is 5.03. The summed E-state index contributed by atoms with van der Waals surface area (Å²) in [6, 6.07) is 5.44. The molecule has 3 nitrogen and oxygen atoms in total. The lowest BCUT2D eigenvalue weighted by atomic mass is 9.88. The van der Waals surface area contributed by atoms with Crippen LogP contribution >= 0.6 is 23.2 Å². The number of halogens is 2. The Hall–Kier alpha value is -0.770. The van der Waals surface area contributed by atoms with Crippen LogP contribution < -0.4 is 0 Å². The van der Waals surface area contributed by atoms with Crippen LogP contribution in [0.1, 0.15) is 43.8 Å². The van der Waals surface area contributed by atoms with Gasteiger partial charge >= 0.3 is 0 Å². The molecule has 0 spiro atoms. The fourth-order valence-corrected chi connectivity index (χ4v) is 3.96. The highest BCUT2D eigenvalue weighted by Gasteiger charge is 2.30. The zero-order valence-corrected chi connectivity index (χ0v) is 14.1. The maximum Gasteiger partial charge on any atom is 0.225 e. The van der Waals surface area contributed by atoms with Gasteiger partial charge in [-0.15, -0.1) is 0 Å². The van der Waals surface area contributed by atoms with Crippen molar-refractivity contribution in [2.45, 2.75) is 38.2 Å². The Kier molecular flexibility index (Phi) is 5.27. The molecule has 1 aliphatic heterocycles. The lowest BCUT2D eigenvalue weighted by Gasteiger charge is -2.36. The zero-order valence-electron chi connectivity index (χ0n) is 12.6. The number of carbonyl (C=O) groups excluding carboxylic acids is 1. The second kappa shape index (κ2) is 7.20. The summed E-state index contributed by atoms with van der Waals surface area (Å²) in [5.74, 6) is 0.497. The molecule has 1 saturated heterocycles. The molecule has 1 unspecified atom stereocenters. The molecule has 22 heavy (non-hydrogen) atoms. The van der Waals surface area contributed by atoms with Crippen LogP contribution in [0.5, 0.6) is 0 Å². The van der Waals surface area contributed by atoms with E-state index in [-0.39, 0.29) is 12.0 Å². The molecule has 1 heterocycles. The summed E-state index contributed by atoms with van der Waals surface area (Å²) in [4.78, 5) is 14.6. The van der Waals surface area contributed by atoms with Gasteiger partial charge in [0.05, 0.1) is 13.2 Å². The van der Waals surface area contributed by atoms with Crippen LogP contribution in [0.3, 0.4) is 0 Å². The normalized spacial score (nSPS) is 23.5. The van der Waals surface area contributed by atoms with Crippen LogP contribution in [0.15, 0.2) is 18.2 Å². The Labute approximate surface area is 141 Å². The van der Waals surface area contributed by atoms with Crippen LogP contribution in [0.25, 0.3) is 0 Å². The monoisotopic (exact) mass is 341 g/mol. The predicted molar refractivity (Wildman–Crippen MR) is 88.3 cm³/mol. The first kappa shape index (κ1) is 16.1. The third kappa shape index (κ3) is 3.76. The summed E-state index contributed by atoms with van der Waals surface area (Å²) in [6.45, 7) is 1.83. The molecule has 1 atom stereocenters. The molecule has 0 bridgehead atoms. The summed E-state index contributed by atoms with van der Waals surface area (Å²) >= 11 is 12.1. The van der Waals surface area contributed by atoms with Crippen molar-refractivity contribution in [2.75, 3.05) is 19.7 Å². The summed E-state index contributed by atoms with van der Waals surface area (Å²) in [5, 5.41) is 1.20. The molecule has 1 aromatic carbocycles. The Balaban J connectivity index is 1.69. The minimum Gasteiger partial charge on any atom is -0.370 e. The van der Waals surface area contributed by atoms with Gasteiger partial charge in [0.1, 0.15) is 6.10 Å². The number of carbonyl (C=O) groups is 1. The van der Waals surface area contributed by atoms with Crippen molar-refractivity contribution in [1.29, 1.82) is 0 Å². The SMILES string of the molecule is O=C(C1CCCCC1)N1CCOC(c2cc(Cl)cc(Cl)c2)C1.